The predicted molar refractivity (Wildman–Crippen MR) is 66.0 cm³/mol. The molecule has 1 fully saturated rings. The van der Waals surface area contributed by atoms with Crippen molar-refractivity contribution in [1.82, 2.24) is 4.98 Å². The van der Waals surface area contributed by atoms with E-state index < -0.39 is 11.8 Å². The van der Waals surface area contributed by atoms with E-state index in [4.69, 9.17) is 16.3 Å². The predicted octanol–water partition coefficient (Wildman–Crippen LogP) is 3.61. The third-order valence-electron chi connectivity index (χ3n) is 3.26. The number of rotatable bonds is 2. The third kappa shape index (κ3) is 3.19. The van der Waals surface area contributed by atoms with Crippen LogP contribution >= 0.6 is 11.6 Å². The van der Waals surface area contributed by atoms with E-state index in [0.717, 1.165) is 37.9 Å². The molecule has 0 unspecified atom stereocenters. The van der Waals surface area contributed by atoms with Crippen molar-refractivity contribution in [3.05, 3.63) is 28.8 Å². The zero-order chi connectivity index (χ0) is 13.1. The molecule has 0 aliphatic heterocycles. The number of hydrogen-bond acceptors (Lipinski definition) is 3. The Bertz CT molecular complexity index is 445. The van der Waals surface area contributed by atoms with Gasteiger partial charge < -0.3 is 4.74 Å². The topological polar surface area (TPSA) is 39.2 Å². The number of ether oxygens (including phenoxy) is 1. The molecule has 0 saturated heterocycles. The van der Waals surface area contributed by atoms with Gasteiger partial charge in [0.25, 0.3) is 0 Å². The Morgan fingerprint density at radius 2 is 2.11 bits per heavy atom. The molecule has 1 aliphatic rings. The molecule has 0 amide bonds. The maximum absolute atomic E-state index is 13.0. The maximum Gasteiger partial charge on any atom is 0.341 e. The molecule has 0 bridgehead atoms. The van der Waals surface area contributed by atoms with Gasteiger partial charge in [0, 0.05) is 0 Å². The lowest BCUT2D eigenvalue weighted by atomic mass is 9.89. The van der Waals surface area contributed by atoms with Crippen LogP contribution in [0, 0.1) is 11.7 Å². The van der Waals surface area contributed by atoms with Gasteiger partial charge >= 0.3 is 5.97 Å². The van der Waals surface area contributed by atoms with Crippen molar-refractivity contribution in [2.24, 2.45) is 5.92 Å². The van der Waals surface area contributed by atoms with E-state index in [1.807, 2.05) is 0 Å². The molecule has 1 aliphatic carbocycles. The van der Waals surface area contributed by atoms with Gasteiger partial charge in [-0.05, 0) is 37.7 Å². The molecule has 1 aromatic rings. The van der Waals surface area contributed by atoms with Gasteiger partial charge in [-0.3, -0.25) is 0 Å². The molecule has 18 heavy (non-hydrogen) atoms. The monoisotopic (exact) mass is 271 g/mol. The first kappa shape index (κ1) is 13.3. The van der Waals surface area contributed by atoms with Crippen LogP contribution in [0.5, 0.6) is 0 Å². The quantitative estimate of drug-likeness (QED) is 0.609. The van der Waals surface area contributed by atoms with Crippen LogP contribution in [0.1, 0.15) is 43.0 Å². The van der Waals surface area contributed by atoms with E-state index >= 15 is 0 Å². The lowest BCUT2D eigenvalue weighted by Crippen LogP contribution is -2.24. The molecule has 1 aromatic heterocycles. The highest BCUT2D eigenvalue weighted by Gasteiger charge is 2.23. The summed E-state index contributed by atoms with van der Waals surface area (Å²) in [4.78, 5) is 15.4. The molecule has 0 N–H and O–H groups in total. The van der Waals surface area contributed by atoms with Crippen LogP contribution < -0.4 is 0 Å². The Hall–Kier alpha value is -1.16. The summed E-state index contributed by atoms with van der Waals surface area (Å²) in [5.74, 6) is -0.505. The van der Waals surface area contributed by atoms with Gasteiger partial charge in [0.05, 0.1) is 11.8 Å². The van der Waals surface area contributed by atoms with Crippen molar-refractivity contribution in [2.45, 2.75) is 38.7 Å². The second-order valence-corrected chi connectivity index (χ2v) is 5.14. The van der Waals surface area contributed by atoms with Crippen molar-refractivity contribution >= 4 is 17.6 Å². The zero-order valence-corrected chi connectivity index (χ0v) is 10.9. The summed E-state index contributed by atoms with van der Waals surface area (Å²) in [5.41, 5.74) is -0.00436. The number of halogens is 2. The molecule has 1 heterocycles. The van der Waals surface area contributed by atoms with Crippen LogP contribution in [0.2, 0.25) is 5.15 Å². The minimum absolute atomic E-state index is 0.00436. The SMILES string of the molecule is CC1CCC(OC(=O)c2cc(F)cnc2Cl)CC1. The summed E-state index contributed by atoms with van der Waals surface area (Å²) in [6.07, 6.45) is 4.69. The Morgan fingerprint density at radius 3 is 2.78 bits per heavy atom. The van der Waals surface area contributed by atoms with E-state index in [9.17, 15) is 9.18 Å². The van der Waals surface area contributed by atoms with Crippen molar-refractivity contribution in [3.63, 3.8) is 0 Å². The van der Waals surface area contributed by atoms with E-state index in [-0.39, 0.29) is 16.8 Å². The normalized spacial score (nSPS) is 23.7. The molecule has 0 spiro atoms. The number of nitrogens with zero attached hydrogens (tertiary/aromatic N) is 1. The van der Waals surface area contributed by atoms with E-state index in [1.54, 1.807) is 0 Å². The number of pyridine rings is 1. The lowest BCUT2D eigenvalue weighted by Gasteiger charge is -2.26. The van der Waals surface area contributed by atoms with Crippen LogP contribution in [0.15, 0.2) is 12.3 Å². The molecule has 2 rings (SSSR count). The average Bonchev–Trinajstić information content (AvgIpc) is 2.35. The molecular formula is C13H15ClFNO2. The molecule has 98 valence electrons. The van der Waals surface area contributed by atoms with Gasteiger partial charge in [0.1, 0.15) is 17.1 Å². The molecule has 0 radical (unpaired) electrons. The van der Waals surface area contributed by atoms with Crippen molar-refractivity contribution in [2.75, 3.05) is 0 Å². The fraction of sp³-hybridized carbons (Fsp3) is 0.538. The maximum atomic E-state index is 13.0. The van der Waals surface area contributed by atoms with Crippen LogP contribution in [0.3, 0.4) is 0 Å². The lowest BCUT2D eigenvalue weighted by molar-refractivity contribution is 0.0173. The van der Waals surface area contributed by atoms with Crippen molar-refractivity contribution in [3.8, 4) is 0 Å². The largest absolute Gasteiger partial charge is 0.459 e. The third-order valence-corrected chi connectivity index (χ3v) is 3.56. The second-order valence-electron chi connectivity index (χ2n) is 4.78. The highest BCUT2D eigenvalue weighted by molar-refractivity contribution is 6.32. The Kier molecular flexibility index (Phi) is 4.17. The van der Waals surface area contributed by atoms with Crippen molar-refractivity contribution in [1.29, 1.82) is 0 Å². The summed E-state index contributed by atoms with van der Waals surface area (Å²) in [5, 5.41) is -0.0226. The zero-order valence-electron chi connectivity index (χ0n) is 10.2. The molecule has 1 saturated carbocycles. The first-order valence-corrected chi connectivity index (χ1v) is 6.46. The number of hydrogen-bond donors (Lipinski definition) is 0. The smallest absolute Gasteiger partial charge is 0.341 e. The molecule has 3 nitrogen and oxygen atoms in total. The Labute approximate surface area is 110 Å². The summed E-state index contributed by atoms with van der Waals surface area (Å²) in [7, 11) is 0. The Morgan fingerprint density at radius 1 is 1.44 bits per heavy atom. The van der Waals surface area contributed by atoms with Gasteiger partial charge in [-0.2, -0.15) is 0 Å². The van der Waals surface area contributed by atoms with Crippen LogP contribution in [-0.4, -0.2) is 17.1 Å². The van der Waals surface area contributed by atoms with E-state index in [1.165, 1.54) is 0 Å². The van der Waals surface area contributed by atoms with Crippen LogP contribution in [0.4, 0.5) is 4.39 Å². The van der Waals surface area contributed by atoms with Crippen LogP contribution in [-0.2, 0) is 4.74 Å². The van der Waals surface area contributed by atoms with E-state index in [2.05, 4.69) is 11.9 Å². The van der Waals surface area contributed by atoms with Gasteiger partial charge in [0.2, 0.25) is 0 Å². The summed E-state index contributed by atoms with van der Waals surface area (Å²) in [6.45, 7) is 2.19. The number of aromatic nitrogens is 1. The van der Waals surface area contributed by atoms with Gasteiger partial charge in [-0.15, -0.1) is 0 Å². The number of esters is 1. The summed E-state index contributed by atoms with van der Waals surface area (Å²) in [6, 6.07) is 1.06. The highest BCUT2D eigenvalue weighted by atomic mass is 35.5. The van der Waals surface area contributed by atoms with Gasteiger partial charge in [-0.25, -0.2) is 14.2 Å². The summed E-state index contributed by atoms with van der Waals surface area (Å²) < 4.78 is 18.3. The first-order valence-electron chi connectivity index (χ1n) is 6.08. The highest BCUT2D eigenvalue weighted by Crippen LogP contribution is 2.26. The minimum Gasteiger partial charge on any atom is -0.459 e. The van der Waals surface area contributed by atoms with Crippen molar-refractivity contribution < 1.29 is 13.9 Å². The molecule has 5 heteroatoms. The molecular weight excluding hydrogens is 257 g/mol. The van der Waals surface area contributed by atoms with Gasteiger partial charge in [-0.1, -0.05) is 18.5 Å². The van der Waals surface area contributed by atoms with Crippen LogP contribution in [0.25, 0.3) is 0 Å². The average molecular weight is 272 g/mol. The number of carbonyl (C=O) groups is 1. The second kappa shape index (κ2) is 5.65. The number of carbonyl (C=O) groups excluding carboxylic acids is 1. The Balaban J connectivity index is 2.01. The van der Waals surface area contributed by atoms with E-state index in [0.29, 0.717) is 5.92 Å². The standard InChI is InChI=1S/C13H15ClFNO2/c1-8-2-4-10(5-3-8)18-13(17)11-6-9(15)7-16-12(11)14/h6-8,10H,2-5H2,1H3. The molecule has 0 aromatic carbocycles. The van der Waals surface area contributed by atoms with Gasteiger partial charge in [0.15, 0.2) is 0 Å². The molecule has 0 atom stereocenters. The minimum atomic E-state index is -0.594. The first-order chi connectivity index (χ1) is 8.56. The summed E-state index contributed by atoms with van der Waals surface area (Å²) >= 11 is 5.75. The fourth-order valence-electron chi connectivity index (χ4n) is 2.13. The fourth-order valence-corrected chi connectivity index (χ4v) is 2.31.